The van der Waals surface area contributed by atoms with Crippen LogP contribution < -0.4 is 10.6 Å². The number of aromatic nitrogens is 2. The van der Waals surface area contributed by atoms with E-state index >= 15 is 0 Å². The molecule has 1 aromatic heterocycles. The molecule has 1 aliphatic carbocycles. The summed E-state index contributed by atoms with van der Waals surface area (Å²) in [6, 6.07) is 1.94. The van der Waals surface area contributed by atoms with Gasteiger partial charge in [-0.15, -0.1) is 24.0 Å². The van der Waals surface area contributed by atoms with Gasteiger partial charge in [-0.1, -0.05) is 19.3 Å². The van der Waals surface area contributed by atoms with Crippen LogP contribution in [0.15, 0.2) is 23.5 Å². The van der Waals surface area contributed by atoms with E-state index in [1.165, 1.54) is 32.1 Å². The highest BCUT2D eigenvalue weighted by Crippen LogP contribution is 2.20. The largest absolute Gasteiger partial charge is 0.378 e. The molecule has 1 heterocycles. The highest BCUT2D eigenvalue weighted by molar-refractivity contribution is 14.0. The molecule has 0 aliphatic heterocycles. The molecule has 0 amide bonds. The second kappa shape index (κ2) is 13.5. The van der Waals surface area contributed by atoms with Gasteiger partial charge < -0.3 is 15.4 Å². The van der Waals surface area contributed by atoms with Gasteiger partial charge in [-0.2, -0.15) is 5.10 Å². The second-order valence-electron chi connectivity index (χ2n) is 5.94. The van der Waals surface area contributed by atoms with E-state index in [0.717, 1.165) is 45.2 Å². The zero-order valence-corrected chi connectivity index (χ0v) is 17.1. The number of guanidine groups is 1. The van der Waals surface area contributed by atoms with E-state index in [1.807, 2.05) is 16.9 Å². The van der Waals surface area contributed by atoms with Gasteiger partial charge in [0.05, 0.1) is 12.6 Å². The SMILES string of the molecule is CCNC(=NCCCOC1CCCCC1)NCCn1cccn1.I. The Hall–Kier alpha value is -0.830. The maximum absolute atomic E-state index is 5.93. The minimum absolute atomic E-state index is 0. The van der Waals surface area contributed by atoms with Crippen LogP contribution in [0.4, 0.5) is 0 Å². The summed E-state index contributed by atoms with van der Waals surface area (Å²) in [6.07, 6.45) is 11.7. The summed E-state index contributed by atoms with van der Waals surface area (Å²) in [4.78, 5) is 4.60. The molecule has 24 heavy (non-hydrogen) atoms. The lowest BCUT2D eigenvalue weighted by molar-refractivity contribution is 0.0281. The summed E-state index contributed by atoms with van der Waals surface area (Å²) < 4.78 is 7.84. The summed E-state index contributed by atoms with van der Waals surface area (Å²) in [5.41, 5.74) is 0. The lowest BCUT2D eigenvalue weighted by Gasteiger charge is -2.21. The lowest BCUT2D eigenvalue weighted by Crippen LogP contribution is -2.39. The van der Waals surface area contributed by atoms with Gasteiger partial charge in [-0.25, -0.2) is 0 Å². The van der Waals surface area contributed by atoms with Gasteiger partial charge in [0.25, 0.3) is 0 Å². The Morgan fingerprint density at radius 3 is 2.83 bits per heavy atom. The minimum Gasteiger partial charge on any atom is -0.378 e. The van der Waals surface area contributed by atoms with Crippen LogP contribution in [-0.2, 0) is 11.3 Å². The topological polar surface area (TPSA) is 63.5 Å². The average molecular weight is 449 g/mol. The van der Waals surface area contributed by atoms with Gasteiger partial charge in [0.15, 0.2) is 5.96 Å². The van der Waals surface area contributed by atoms with Crippen molar-refractivity contribution in [3.63, 3.8) is 0 Å². The summed E-state index contributed by atoms with van der Waals surface area (Å²) in [5.74, 6) is 0.873. The number of aliphatic imine (C=N–C) groups is 1. The first kappa shape index (κ1) is 21.2. The fourth-order valence-corrected chi connectivity index (χ4v) is 2.80. The molecular weight excluding hydrogens is 417 g/mol. The quantitative estimate of drug-likeness (QED) is 0.264. The van der Waals surface area contributed by atoms with Crippen LogP contribution >= 0.6 is 24.0 Å². The summed E-state index contributed by atoms with van der Waals surface area (Å²) in [7, 11) is 0. The molecular formula is C17H32IN5O. The van der Waals surface area contributed by atoms with E-state index in [4.69, 9.17) is 4.74 Å². The van der Waals surface area contributed by atoms with E-state index < -0.39 is 0 Å². The normalized spacial score (nSPS) is 15.8. The molecule has 2 N–H and O–H groups in total. The van der Waals surface area contributed by atoms with Gasteiger partial charge in [-0.05, 0) is 32.3 Å². The van der Waals surface area contributed by atoms with Gasteiger partial charge in [-0.3, -0.25) is 9.67 Å². The number of rotatable bonds is 9. The zero-order chi connectivity index (χ0) is 16.2. The van der Waals surface area contributed by atoms with Crippen molar-refractivity contribution in [2.75, 3.05) is 26.2 Å². The standard InChI is InChI=1S/C17H31N5O.HI/c1-2-18-17(20-12-14-22-13-6-11-21-22)19-10-7-15-23-16-8-4-3-5-9-16;/h6,11,13,16H,2-5,7-10,12,14-15H2,1H3,(H2,18,19,20);1H. The predicted octanol–water partition coefficient (Wildman–Crippen LogP) is 2.80. The van der Waals surface area contributed by atoms with Crippen molar-refractivity contribution in [3.05, 3.63) is 18.5 Å². The van der Waals surface area contributed by atoms with Crippen LogP contribution in [0.2, 0.25) is 0 Å². The Kier molecular flexibility index (Phi) is 11.9. The summed E-state index contributed by atoms with van der Waals surface area (Å²) >= 11 is 0. The van der Waals surface area contributed by atoms with Crippen LogP contribution in [0.25, 0.3) is 0 Å². The van der Waals surface area contributed by atoms with Crippen LogP contribution in [0, 0.1) is 0 Å². The minimum atomic E-state index is 0. The Morgan fingerprint density at radius 2 is 2.12 bits per heavy atom. The lowest BCUT2D eigenvalue weighted by atomic mass is 9.98. The number of hydrogen-bond acceptors (Lipinski definition) is 3. The zero-order valence-electron chi connectivity index (χ0n) is 14.7. The molecule has 0 aromatic carbocycles. The fraction of sp³-hybridized carbons (Fsp3) is 0.765. The molecule has 0 spiro atoms. The van der Waals surface area contributed by atoms with Crippen molar-refractivity contribution >= 4 is 29.9 Å². The van der Waals surface area contributed by atoms with E-state index in [1.54, 1.807) is 6.20 Å². The van der Waals surface area contributed by atoms with Gasteiger partial charge in [0.1, 0.15) is 0 Å². The molecule has 138 valence electrons. The molecule has 0 saturated heterocycles. The third-order valence-corrected chi connectivity index (χ3v) is 4.01. The van der Waals surface area contributed by atoms with Crippen LogP contribution in [-0.4, -0.2) is 48.1 Å². The third kappa shape index (κ3) is 8.86. The Labute approximate surface area is 162 Å². The summed E-state index contributed by atoms with van der Waals surface area (Å²) in [5, 5.41) is 10.8. The monoisotopic (exact) mass is 449 g/mol. The molecule has 0 atom stereocenters. The Balaban J connectivity index is 0.00000288. The maximum Gasteiger partial charge on any atom is 0.191 e. The molecule has 1 fully saturated rings. The van der Waals surface area contributed by atoms with E-state index in [2.05, 4.69) is 27.6 Å². The van der Waals surface area contributed by atoms with Crippen molar-refractivity contribution in [2.24, 2.45) is 4.99 Å². The Bertz CT molecular complexity index is 432. The first-order chi connectivity index (χ1) is 11.4. The maximum atomic E-state index is 5.93. The van der Waals surface area contributed by atoms with Crippen LogP contribution in [0.3, 0.4) is 0 Å². The van der Waals surface area contributed by atoms with Crippen molar-refractivity contribution in [3.8, 4) is 0 Å². The highest BCUT2D eigenvalue weighted by Gasteiger charge is 2.12. The van der Waals surface area contributed by atoms with Crippen LogP contribution in [0.5, 0.6) is 0 Å². The number of nitrogens with one attached hydrogen (secondary N) is 2. The van der Waals surface area contributed by atoms with Crippen molar-refractivity contribution < 1.29 is 4.74 Å². The summed E-state index contributed by atoms with van der Waals surface area (Å²) in [6.45, 7) is 6.21. The molecule has 1 aromatic rings. The smallest absolute Gasteiger partial charge is 0.191 e. The average Bonchev–Trinajstić information content (AvgIpc) is 3.09. The van der Waals surface area contributed by atoms with Gasteiger partial charge in [0, 0.05) is 38.6 Å². The molecule has 0 radical (unpaired) electrons. The van der Waals surface area contributed by atoms with Crippen molar-refractivity contribution in [1.29, 1.82) is 0 Å². The second-order valence-corrected chi connectivity index (χ2v) is 5.94. The number of ether oxygens (including phenoxy) is 1. The van der Waals surface area contributed by atoms with E-state index in [0.29, 0.717) is 6.10 Å². The van der Waals surface area contributed by atoms with Crippen molar-refractivity contribution in [2.45, 2.75) is 58.1 Å². The molecule has 2 rings (SSSR count). The molecule has 6 nitrogen and oxygen atoms in total. The van der Waals surface area contributed by atoms with Crippen molar-refractivity contribution in [1.82, 2.24) is 20.4 Å². The molecule has 1 aliphatic rings. The third-order valence-electron chi connectivity index (χ3n) is 4.01. The number of halogens is 1. The molecule has 0 unspecified atom stereocenters. The van der Waals surface area contributed by atoms with Crippen LogP contribution in [0.1, 0.15) is 45.4 Å². The molecule has 1 saturated carbocycles. The first-order valence-electron chi connectivity index (χ1n) is 8.99. The highest BCUT2D eigenvalue weighted by atomic mass is 127. The number of hydrogen-bond donors (Lipinski definition) is 2. The predicted molar refractivity (Wildman–Crippen MR) is 109 cm³/mol. The van der Waals surface area contributed by atoms with E-state index in [-0.39, 0.29) is 24.0 Å². The first-order valence-corrected chi connectivity index (χ1v) is 8.99. The molecule has 0 bridgehead atoms. The van der Waals surface area contributed by atoms with Gasteiger partial charge in [0.2, 0.25) is 0 Å². The Morgan fingerprint density at radius 1 is 1.29 bits per heavy atom. The fourth-order valence-electron chi connectivity index (χ4n) is 2.80. The number of nitrogens with zero attached hydrogens (tertiary/aromatic N) is 3. The van der Waals surface area contributed by atoms with E-state index in [9.17, 15) is 0 Å². The van der Waals surface area contributed by atoms with Gasteiger partial charge >= 0.3 is 0 Å². The molecule has 7 heteroatoms.